The molecule has 4 amide bonds. The van der Waals surface area contributed by atoms with Gasteiger partial charge < -0.3 is 15.0 Å². The van der Waals surface area contributed by atoms with Gasteiger partial charge in [-0.15, -0.1) is 11.3 Å². The van der Waals surface area contributed by atoms with Gasteiger partial charge in [-0.1, -0.05) is 30.7 Å². The lowest BCUT2D eigenvalue weighted by molar-refractivity contribution is -0.124. The number of hydrogen-bond acceptors (Lipinski definition) is 5. The maximum Gasteiger partial charge on any atom is 0.332 e. The molecule has 1 N–H and O–H groups in total. The van der Waals surface area contributed by atoms with Crippen LogP contribution in [0.3, 0.4) is 0 Å². The van der Waals surface area contributed by atoms with Crippen molar-refractivity contribution in [1.29, 1.82) is 0 Å². The summed E-state index contributed by atoms with van der Waals surface area (Å²) >= 11 is 1.51. The number of anilines is 2. The van der Waals surface area contributed by atoms with Crippen LogP contribution in [-0.2, 0) is 16.1 Å². The van der Waals surface area contributed by atoms with Crippen LogP contribution in [-0.4, -0.2) is 35.4 Å². The molecule has 3 aromatic rings. The zero-order valence-electron chi connectivity index (χ0n) is 19.2. The number of hydrogen-bond donors (Lipinski definition) is 1. The molecular weight excluding hydrogens is 450 g/mol. The molecule has 4 rings (SSSR count). The molecule has 176 valence electrons. The van der Waals surface area contributed by atoms with Crippen LogP contribution in [0, 0.1) is 6.92 Å². The van der Waals surface area contributed by atoms with E-state index < -0.39 is 18.0 Å². The van der Waals surface area contributed by atoms with Crippen LogP contribution < -0.4 is 15.0 Å². The van der Waals surface area contributed by atoms with Gasteiger partial charge in [-0.3, -0.25) is 9.59 Å². The predicted molar refractivity (Wildman–Crippen MR) is 133 cm³/mol. The average molecular weight is 478 g/mol. The first-order chi connectivity index (χ1) is 16.5. The first kappa shape index (κ1) is 23.5. The Morgan fingerprint density at radius 2 is 1.79 bits per heavy atom. The molecule has 0 spiro atoms. The third kappa shape index (κ3) is 5.28. The number of ether oxygens (including phenoxy) is 1. The number of amides is 4. The standard InChI is InChI=1S/C26H27N3O4S/c1-3-14-33-21-12-8-19(9-13-21)27-24(30)16-23-25(31)29(20-10-6-18(2)7-11-20)26(32)28(23)17-22-5-4-15-34-22/h4-13,15,23H,3,14,16-17H2,1-2H3,(H,27,30). The van der Waals surface area contributed by atoms with Crippen molar-refractivity contribution in [3.05, 3.63) is 76.5 Å². The number of nitrogens with zero attached hydrogens (tertiary/aromatic N) is 2. The monoisotopic (exact) mass is 477 g/mol. The van der Waals surface area contributed by atoms with Crippen molar-refractivity contribution in [2.45, 2.75) is 39.3 Å². The summed E-state index contributed by atoms with van der Waals surface area (Å²) in [5.41, 5.74) is 2.13. The Morgan fingerprint density at radius 1 is 1.06 bits per heavy atom. The van der Waals surface area contributed by atoms with E-state index in [-0.39, 0.29) is 18.9 Å². The summed E-state index contributed by atoms with van der Waals surface area (Å²) < 4.78 is 5.57. The topological polar surface area (TPSA) is 79.0 Å². The highest BCUT2D eigenvalue weighted by Gasteiger charge is 2.46. The molecule has 1 unspecified atom stereocenters. The summed E-state index contributed by atoms with van der Waals surface area (Å²) in [6, 6.07) is 16.8. The molecule has 2 heterocycles. The molecule has 1 aliphatic heterocycles. The lowest BCUT2D eigenvalue weighted by atomic mass is 10.1. The first-order valence-corrected chi connectivity index (χ1v) is 12.1. The van der Waals surface area contributed by atoms with Gasteiger partial charge in [-0.2, -0.15) is 0 Å². The molecule has 0 saturated carbocycles. The summed E-state index contributed by atoms with van der Waals surface area (Å²) in [6.45, 7) is 4.87. The molecule has 0 bridgehead atoms. The van der Waals surface area contributed by atoms with Gasteiger partial charge >= 0.3 is 6.03 Å². The molecule has 8 heteroatoms. The van der Waals surface area contributed by atoms with E-state index in [0.29, 0.717) is 18.0 Å². The van der Waals surface area contributed by atoms with Gasteiger partial charge in [-0.05, 0) is 61.2 Å². The van der Waals surface area contributed by atoms with Crippen LogP contribution in [0.4, 0.5) is 16.2 Å². The second-order valence-electron chi connectivity index (χ2n) is 8.14. The fourth-order valence-electron chi connectivity index (χ4n) is 3.76. The van der Waals surface area contributed by atoms with Crippen molar-refractivity contribution >= 4 is 40.6 Å². The fourth-order valence-corrected chi connectivity index (χ4v) is 4.46. The van der Waals surface area contributed by atoms with E-state index in [2.05, 4.69) is 5.32 Å². The molecule has 0 radical (unpaired) electrons. The first-order valence-electron chi connectivity index (χ1n) is 11.2. The summed E-state index contributed by atoms with van der Waals surface area (Å²) in [5.74, 6) is -0.00790. The van der Waals surface area contributed by atoms with E-state index in [4.69, 9.17) is 4.74 Å². The molecule has 1 aliphatic rings. The van der Waals surface area contributed by atoms with E-state index >= 15 is 0 Å². The van der Waals surface area contributed by atoms with Crippen LogP contribution in [0.25, 0.3) is 0 Å². The molecule has 34 heavy (non-hydrogen) atoms. The minimum Gasteiger partial charge on any atom is -0.494 e. The van der Waals surface area contributed by atoms with Crippen LogP contribution in [0.5, 0.6) is 5.75 Å². The highest BCUT2D eigenvalue weighted by molar-refractivity contribution is 7.09. The fraction of sp³-hybridized carbons (Fsp3) is 0.269. The Kier molecular flexibility index (Phi) is 7.27. The number of thiophene rings is 1. The number of benzene rings is 2. The van der Waals surface area contributed by atoms with Crippen molar-refractivity contribution in [2.24, 2.45) is 0 Å². The highest BCUT2D eigenvalue weighted by atomic mass is 32.1. The number of carbonyl (C=O) groups is 3. The number of rotatable bonds is 9. The number of urea groups is 1. The summed E-state index contributed by atoms with van der Waals surface area (Å²) in [7, 11) is 0. The van der Waals surface area contributed by atoms with E-state index in [1.165, 1.54) is 21.1 Å². The second-order valence-corrected chi connectivity index (χ2v) is 9.17. The summed E-state index contributed by atoms with van der Waals surface area (Å²) in [6.07, 6.45) is 0.778. The van der Waals surface area contributed by atoms with Crippen molar-refractivity contribution in [1.82, 2.24) is 4.90 Å². The van der Waals surface area contributed by atoms with Gasteiger partial charge in [0, 0.05) is 10.6 Å². The Balaban J connectivity index is 1.51. The molecule has 7 nitrogen and oxygen atoms in total. The van der Waals surface area contributed by atoms with Gasteiger partial charge in [0.2, 0.25) is 5.91 Å². The van der Waals surface area contributed by atoms with Gasteiger partial charge in [-0.25, -0.2) is 9.69 Å². The minimum absolute atomic E-state index is 0.133. The van der Waals surface area contributed by atoms with Crippen LogP contribution in [0.1, 0.15) is 30.2 Å². The highest BCUT2D eigenvalue weighted by Crippen LogP contribution is 2.29. The van der Waals surface area contributed by atoms with Gasteiger partial charge in [0.25, 0.3) is 5.91 Å². The zero-order valence-corrected chi connectivity index (χ0v) is 20.0. The maximum atomic E-state index is 13.3. The quantitative estimate of drug-likeness (QED) is 0.429. The molecular formula is C26H27N3O4S. The summed E-state index contributed by atoms with van der Waals surface area (Å²) in [4.78, 5) is 43.1. The normalized spacial score (nSPS) is 15.6. The van der Waals surface area contributed by atoms with Crippen molar-refractivity contribution in [3.63, 3.8) is 0 Å². The Bertz CT molecular complexity index is 1140. The molecule has 2 aromatic carbocycles. The van der Waals surface area contributed by atoms with Crippen molar-refractivity contribution < 1.29 is 19.1 Å². The summed E-state index contributed by atoms with van der Waals surface area (Å²) in [5, 5.41) is 4.75. The van der Waals surface area contributed by atoms with Crippen molar-refractivity contribution in [2.75, 3.05) is 16.8 Å². The largest absolute Gasteiger partial charge is 0.494 e. The molecule has 1 saturated heterocycles. The van der Waals surface area contributed by atoms with Crippen LogP contribution in [0.2, 0.25) is 0 Å². The smallest absolute Gasteiger partial charge is 0.332 e. The van der Waals surface area contributed by atoms with Gasteiger partial charge in [0.15, 0.2) is 0 Å². The Hall–Kier alpha value is -3.65. The molecule has 1 atom stereocenters. The lowest BCUT2D eigenvalue weighted by Crippen LogP contribution is -2.37. The van der Waals surface area contributed by atoms with Crippen LogP contribution in [0.15, 0.2) is 66.0 Å². The van der Waals surface area contributed by atoms with E-state index in [0.717, 1.165) is 22.6 Å². The van der Waals surface area contributed by atoms with Gasteiger partial charge in [0.1, 0.15) is 11.8 Å². The van der Waals surface area contributed by atoms with Gasteiger partial charge in [0.05, 0.1) is 25.3 Å². The predicted octanol–water partition coefficient (Wildman–Crippen LogP) is 5.21. The SMILES string of the molecule is CCCOc1ccc(NC(=O)CC2C(=O)N(c3ccc(C)cc3)C(=O)N2Cc2cccs2)cc1. The van der Waals surface area contributed by atoms with Crippen molar-refractivity contribution in [3.8, 4) is 5.75 Å². The average Bonchev–Trinajstić information content (AvgIpc) is 3.42. The second kappa shape index (κ2) is 10.5. The Labute approximate surface area is 202 Å². The van der Waals surface area contributed by atoms with E-state index in [1.807, 2.05) is 43.5 Å². The number of aryl methyl sites for hydroxylation is 1. The maximum absolute atomic E-state index is 13.3. The van der Waals surface area contributed by atoms with E-state index in [1.54, 1.807) is 36.4 Å². The van der Waals surface area contributed by atoms with Crippen LogP contribution >= 0.6 is 11.3 Å². The van der Waals surface area contributed by atoms with E-state index in [9.17, 15) is 14.4 Å². The lowest BCUT2D eigenvalue weighted by Gasteiger charge is -2.21. The number of nitrogens with one attached hydrogen (secondary N) is 1. The Morgan fingerprint density at radius 3 is 2.44 bits per heavy atom. The number of imide groups is 1. The molecule has 0 aliphatic carbocycles. The molecule has 1 aromatic heterocycles. The molecule has 1 fully saturated rings. The third-order valence-electron chi connectivity index (χ3n) is 5.51. The number of carbonyl (C=O) groups excluding carboxylic acids is 3. The zero-order chi connectivity index (χ0) is 24.1. The minimum atomic E-state index is -0.886. The third-order valence-corrected chi connectivity index (χ3v) is 6.37.